The first kappa shape index (κ1) is 36.0. The molecule has 2 aromatic rings. The van der Waals surface area contributed by atoms with Gasteiger partial charge in [-0.25, -0.2) is 13.2 Å². The van der Waals surface area contributed by atoms with Crippen LogP contribution in [0.1, 0.15) is 102 Å². The van der Waals surface area contributed by atoms with Gasteiger partial charge in [-0.15, -0.1) is 0 Å². The molecule has 7 rings (SSSR count). The molecule has 5 aliphatic rings. The van der Waals surface area contributed by atoms with Crippen molar-refractivity contribution in [2.75, 3.05) is 12.3 Å². The molecule has 3 aliphatic carbocycles. The summed E-state index contributed by atoms with van der Waals surface area (Å²) in [6.45, 7) is -0.103. The third-order valence-electron chi connectivity index (χ3n) is 11.2. The fraction of sp³-hybridized carbons (Fsp3) is 0.639. The van der Waals surface area contributed by atoms with Crippen LogP contribution in [0.4, 0.5) is 10.5 Å². The van der Waals surface area contributed by atoms with Gasteiger partial charge in [0.1, 0.15) is 35.4 Å². The normalized spacial score (nSPS) is 28.9. The van der Waals surface area contributed by atoms with Crippen LogP contribution in [0, 0.1) is 11.3 Å². The first-order valence-corrected chi connectivity index (χ1v) is 20.2. The molecular formula is C36H48N6O9S. The van der Waals surface area contributed by atoms with Gasteiger partial charge in [0.25, 0.3) is 11.8 Å². The van der Waals surface area contributed by atoms with Crippen LogP contribution < -0.4 is 21.1 Å². The fourth-order valence-electron chi connectivity index (χ4n) is 8.04. The molecule has 282 valence electrons. The van der Waals surface area contributed by atoms with Gasteiger partial charge in [0.05, 0.1) is 17.5 Å². The predicted molar refractivity (Wildman–Crippen MR) is 189 cm³/mol. The van der Waals surface area contributed by atoms with Crippen molar-refractivity contribution in [3.8, 4) is 0 Å². The number of alkyl carbamates (subject to hydrolysis) is 1. The average molecular weight is 741 g/mol. The van der Waals surface area contributed by atoms with Gasteiger partial charge in [-0.1, -0.05) is 44.2 Å². The standard InChI is InChI=1S/C36H48N6O9S/c37-29-25-13-8-9-15-28(25)51-30(29)31(38)49-23-18-27-32(43)40-36(34(45)41-52(47,48)24-16-17-24)19-21(36)10-4-2-1-3-5-14-26(33(44)42(27)20-23)39-35(46)50-22-11-6-7-12-22/h8-9,13,15,21-24,26-27,38H,1-7,10-12,14,16-20,37H2,(H,39,46)(H,40,43)(H,41,45)/t21-,23-,26+,27+,36-/m1/s1. The minimum absolute atomic E-state index is 0.0176. The van der Waals surface area contributed by atoms with E-state index >= 15 is 0 Å². The van der Waals surface area contributed by atoms with Gasteiger partial charge < -0.3 is 35.2 Å². The second kappa shape index (κ2) is 14.6. The molecule has 0 unspecified atom stereocenters. The second-order valence-electron chi connectivity index (χ2n) is 15.0. The molecular weight excluding hydrogens is 692 g/mol. The molecule has 1 aromatic heterocycles. The van der Waals surface area contributed by atoms with E-state index in [-0.39, 0.29) is 48.8 Å². The summed E-state index contributed by atoms with van der Waals surface area (Å²) in [7, 11) is -3.88. The Bertz CT molecular complexity index is 1840. The molecule has 3 saturated carbocycles. The minimum atomic E-state index is -3.88. The number of rotatable bonds is 7. The third kappa shape index (κ3) is 7.57. The highest BCUT2D eigenvalue weighted by atomic mass is 32.2. The maximum absolute atomic E-state index is 14.4. The van der Waals surface area contributed by atoms with Gasteiger partial charge in [-0.05, 0) is 75.8 Å². The Labute approximate surface area is 302 Å². The van der Waals surface area contributed by atoms with Crippen molar-refractivity contribution in [3.63, 3.8) is 0 Å². The summed E-state index contributed by atoms with van der Waals surface area (Å²) in [6, 6.07) is 4.91. The SMILES string of the molecule is N=C(O[C@@H]1C[C@H]2C(=O)N[C@]3(C(=O)NS(=O)(=O)C4CC4)C[C@H]3CCCCCCC[C@H](NC(=O)OC3CCCC3)C(=O)N2C1)c1oc2ccccc2c1N. The van der Waals surface area contributed by atoms with E-state index in [1.165, 1.54) is 4.90 Å². The van der Waals surface area contributed by atoms with Crippen molar-refractivity contribution in [2.24, 2.45) is 5.92 Å². The summed E-state index contributed by atoms with van der Waals surface area (Å²) in [5.74, 6) is -2.53. The Hall–Kier alpha value is -4.34. The lowest BCUT2D eigenvalue weighted by molar-refractivity contribution is -0.141. The van der Waals surface area contributed by atoms with Gasteiger partial charge >= 0.3 is 6.09 Å². The molecule has 0 spiro atoms. The van der Waals surface area contributed by atoms with Crippen molar-refractivity contribution >= 4 is 56.4 Å². The number of hydrogen-bond acceptors (Lipinski definition) is 11. The van der Waals surface area contributed by atoms with E-state index in [1.54, 1.807) is 24.3 Å². The van der Waals surface area contributed by atoms with Gasteiger partial charge in [-0.3, -0.25) is 24.5 Å². The number of nitrogens with zero attached hydrogens (tertiary/aromatic N) is 1. The van der Waals surface area contributed by atoms with Crippen LogP contribution in [0.2, 0.25) is 0 Å². The lowest BCUT2D eigenvalue weighted by Gasteiger charge is -2.30. The number of amides is 4. The van der Waals surface area contributed by atoms with Gasteiger partial charge in [-0.2, -0.15) is 0 Å². The topological polar surface area (TPSA) is 223 Å². The van der Waals surface area contributed by atoms with E-state index in [0.29, 0.717) is 43.1 Å². The van der Waals surface area contributed by atoms with E-state index in [2.05, 4.69) is 15.4 Å². The van der Waals surface area contributed by atoms with Crippen molar-refractivity contribution in [2.45, 2.75) is 131 Å². The molecule has 5 fully saturated rings. The number of carbonyl (C=O) groups is 4. The van der Waals surface area contributed by atoms with E-state index < -0.39 is 62.8 Å². The van der Waals surface area contributed by atoms with Gasteiger partial charge in [0.15, 0.2) is 0 Å². The van der Waals surface area contributed by atoms with Crippen LogP contribution in [0.25, 0.3) is 11.0 Å². The van der Waals surface area contributed by atoms with Crippen molar-refractivity contribution in [1.82, 2.24) is 20.3 Å². The average Bonchev–Trinajstić information content (AvgIpc) is 3.94. The number of para-hydroxylation sites is 1. The number of furan rings is 1. The van der Waals surface area contributed by atoms with E-state index in [0.717, 1.165) is 51.4 Å². The highest BCUT2D eigenvalue weighted by Crippen LogP contribution is 2.48. The number of carbonyl (C=O) groups excluding carboxylic acids is 4. The van der Waals surface area contributed by atoms with Crippen LogP contribution >= 0.6 is 0 Å². The third-order valence-corrected chi connectivity index (χ3v) is 13.1. The van der Waals surface area contributed by atoms with Crippen LogP contribution in [-0.4, -0.2) is 84.7 Å². The molecule has 4 amide bonds. The smallest absolute Gasteiger partial charge is 0.408 e. The van der Waals surface area contributed by atoms with E-state index in [4.69, 9.17) is 25.0 Å². The largest absolute Gasteiger partial charge is 0.470 e. The highest BCUT2D eigenvalue weighted by molar-refractivity contribution is 7.91. The van der Waals surface area contributed by atoms with Crippen molar-refractivity contribution in [1.29, 1.82) is 5.41 Å². The van der Waals surface area contributed by atoms with Crippen LogP contribution in [0.5, 0.6) is 0 Å². The molecule has 6 N–H and O–H groups in total. The molecule has 15 nitrogen and oxygen atoms in total. The highest BCUT2D eigenvalue weighted by Gasteiger charge is 2.62. The number of nitrogens with one attached hydrogen (secondary N) is 4. The first-order chi connectivity index (χ1) is 24.9. The molecule has 1 aromatic carbocycles. The van der Waals surface area contributed by atoms with Crippen molar-refractivity contribution in [3.05, 3.63) is 30.0 Å². The Morgan fingerprint density at radius 1 is 0.942 bits per heavy atom. The lowest BCUT2D eigenvalue weighted by atomic mass is 10.0. The maximum atomic E-state index is 14.4. The number of fused-ring (bicyclic) bond motifs is 3. The Balaban J connectivity index is 1.14. The fourth-order valence-corrected chi connectivity index (χ4v) is 9.41. The summed E-state index contributed by atoms with van der Waals surface area (Å²) in [5.41, 5.74) is 5.55. The number of sulfonamides is 1. The van der Waals surface area contributed by atoms with E-state index in [1.807, 2.05) is 0 Å². The molecule has 5 atom stereocenters. The zero-order chi connectivity index (χ0) is 36.6. The van der Waals surface area contributed by atoms with Crippen LogP contribution in [-0.2, 0) is 33.9 Å². The number of anilines is 1. The Morgan fingerprint density at radius 2 is 1.63 bits per heavy atom. The minimum Gasteiger partial charge on any atom is -0.470 e. The molecule has 2 saturated heterocycles. The Kier molecular flexibility index (Phi) is 10.1. The second-order valence-corrected chi connectivity index (χ2v) is 17.0. The number of benzene rings is 1. The Morgan fingerprint density at radius 3 is 2.37 bits per heavy atom. The summed E-state index contributed by atoms with van der Waals surface area (Å²) >= 11 is 0. The molecule has 52 heavy (non-hydrogen) atoms. The van der Waals surface area contributed by atoms with Crippen LogP contribution in [0.15, 0.2) is 28.7 Å². The maximum Gasteiger partial charge on any atom is 0.408 e. The lowest BCUT2D eigenvalue weighted by Crippen LogP contribution is -2.58. The van der Waals surface area contributed by atoms with Gasteiger partial charge in [0, 0.05) is 11.8 Å². The summed E-state index contributed by atoms with van der Waals surface area (Å²) < 4.78 is 45.3. The number of hydrogen-bond donors (Lipinski definition) is 5. The quantitative estimate of drug-likeness (QED) is 0.205. The molecule has 0 radical (unpaired) electrons. The summed E-state index contributed by atoms with van der Waals surface area (Å²) in [6.07, 6.45) is 7.84. The number of nitrogen functional groups attached to an aromatic ring is 1. The predicted octanol–water partition coefficient (Wildman–Crippen LogP) is 3.59. The molecule has 3 heterocycles. The van der Waals surface area contributed by atoms with Gasteiger partial charge in [0.2, 0.25) is 27.6 Å². The molecule has 0 bridgehead atoms. The monoisotopic (exact) mass is 740 g/mol. The summed E-state index contributed by atoms with van der Waals surface area (Å²) in [4.78, 5) is 56.7. The molecule has 16 heteroatoms. The zero-order valence-corrected chi connectivity index (χ0v) is 30.0. The number of ether oxygens (including phenoxy) is 2. The first-order valence-electron chi connectivity index (χ1n) is 18.6. The van der Waals surface area contributed by atoms with E-state index in [9.17, 15) is 27.6 Å². The summed E-state index contributed by atoms with van der Waals surface area (Å²) in [5, 5.41) is 14.4. The van der Waals surface area contributed by atoms with Crippen molar-refractivity contribution < 1.29 is 41.5 Å². The van der Waals surface area contributed by atoms with Crippen LogP contribution in [0.3, 0.4) is 0 Å². The zero-order valence-electron chi connectivity index (χ0n) is 29.2. The number of nitrogens with two attached hydrogens (primary N) is 1. The molecule has 2 aliphatic heterocycles.